The molecule has 3 rings (SSSR count). The van der Waals surface area contributed by atoms with Gasteiger partial charge in [0.2, 0.25) is 0 Å². The molecule has 3 N–H and O–H groups in total. The molecule has 0 bridgehead atoms. The summed E-state index contributed by atoms with van der Waals surface area (Å²) >= 11 is 0. The normalized spacial score (nSPS) is 34.5. The Balaban J connectivity index is 2.04. The van der Waals surface area contributed by atoms with Crippen LogP contribution in [-0.2, 0) is 0 Å². The van der Waals surface area contributed by atoms with Crippen molar-refractivity contribution in [1.29, 1.82) is 0 Å². The van der Waals surface area contributed by atoms with Gasteiger partial charge in [-0.25, -0.2) is 0 Å². The molecule has 74 valence electrons. The number of benzene rings is 1. The van der Waals surface area contributed by atoms with E-state index in [9.17, 15) is 0 Å². The second-order valence-corrected chi connectivity index (χ2v) is 4.46. The zero-order valence-corrected chi connectivity index (χ0v) is 8.24. The maximum atomic E-state index is 6.29. The van der Waals surface area contributed by atoms with Crippen molar-refractivity contribution in [3.63, 3.8) is 0 Å². The molecule has 1 aromatic rings. The predicted molar refractivity (Wildman–Crippen MR) is 58.1 cm³/mol. The van der Waals surface area contributed by atoms with E-state index in [1.165, 1.54) is 30.5 Å². The number of nitrogens with one attached hydrogen (secondary N) is 1. The second kappa shape index (κ2) is 2.99. The van der Waals surface area contributed by atoms with E-state index in [2.05, 4.69) is 29.6 Å². The molecule has 1 fully saturated rings. The Morgan fingerprint density at radius 2 is 2.07 bits per heavy atom. The molecule has 2 aliphatic rings. The number of anilines is 1. The van der Waals surface area contributed by atoms with Gasteiger partial charge in [-0.3, -0.25) is 0 Å². The number of rotatable bonds is 0. The molecular weight excluding hydrogens is 172 g/mol. The Morgan fingerprint density at radius 3 is 3.00 bits per heavy atom. The Labute approximate surface area is 84.5 Å². The van der Waals surface area contributed by atoms with E-state index in [4.69, 9.17) is 5.73 Å². The summed E-state index contributed by atoms with van der Waals surface area (Å²) in [6, 6.07) is 9.33. The van der Waals surface area contributed by atoms with Gasteiger partial charge in [-0.15, -0.1) is 0 Å². The van der Waals surface area contributed by atoms with Crippen LogP contribution in [-0.4, -0.2) is 6.04 Å². The Bertz CT molecular complexity index is 348. The Hall–Kier alpha value is -1.02. The molecule has 1 aliphatic heterocycles. The van der Waals surface area contributed by atoms with Crippen molar-refractivity contribution in [3.05, 3.63) is 29.8 Å². The molecule has 1 heterocycles. The molecule has 1 aliphatic carbocycles. The summed E-state index contributed by atoms with van der Waals surface area (Å²) in [6.45, 7) is 0. The van der Waals surface area contributed by atoms with Crippen LogP contribution in [0.5, 0.6) is 0 Å². The van der Waals surface area contributed by atoms with Gasteiger partial charge in [-0.1, -0.05) is 24.6 Å². The SMILES string of the molecule is NC1c2ccccc2NC2CCCC21. The van der Waals surface area contributed by atoms with Crippen LogP contribution < -0.4 is 11.1 Å². The summed E-state index contributed by atoms with van der Waals surface area (Å²) in [6.07, 6.45) is 3.89. The van der Waals surface area contributed by atoms with E-state index >= 15 is 0 Å². The van der Waals surface area contributed by atoms with Crippen LogP contribution >= 0.6 is 0 Å². The molecular formula is C12H16N2. The lowest BCUT2D eigenvalue weighted by Crippen LogP contribution is -2.37. The maximum absolute atomic E-state index is 6.29. The standard InChI is InChI=1S/C12H16N2/c13-12-8-4-1-2-6-10(8)14-11-7-3-5-9(11)12/h1-2,4,6,9,11-12,14H,3,5,7,13H2. The first kappa shape index (κ1) is 8.30. The first-order chi connectivity index (χ1) is 6.86. The van der Waals surface area contributed by atoms with Crippen LogP contribution in [0, 0.1) is 5.92 Å². The molecule has 0 aromatic heterocycles. The van der Waals surface area contributed by atoms with Crippen molar-refractivity contribution in [2.75, 3.05) is 5.32 Å². The molecule has 3 atom stereocenters. The summed E-state index contributed by atoms with van der Waals surface area (Å²) in [5.41, 5.74) is 8.85. The minimum Gasteiger partial charge on any atom is -0.382 e. The second-order valence-electron chi connectivity index (χ2n) is 4.46. The summed E-state index contributed by atoms with van der Waals surface area (Å²) in [5.74, 6) is 0.657. The van der Waals surface area contributed by atoms with Gasteiger partial charge in [0.25, 0.3) is 0 Å². The smallest absolute Gasteiger partial charge is 0.0390 e. The average Bonchev–Trinajstić information content (AvgIpc) is 2.66. The van der Waals surface area contributed by atoms with Gasteiger partial charge < -0.3 is 11.1 Å². The van der Waals surface area contributed by atoms with Crippen LogP contribution in [0.4, 0.5) is 5.69 Å². The van der Waals surface area contributed by atoms with Gasteiger partial charge in [-0.2, -0.15) is 0 Å². The highest BCUT2D eigenvalue weighted by molar-refractivity contribution is 5.56. The summed E-state index contributed by atoms with van der Waals surface area (Å²) < 4.78 is 0. The first-order valence-corrected chi connectivity index (χ1v) is 5.47. The van der Waals surface area contributed by atoms with Gasteiger partial charge in [0.1, 0.15) is 0 Å². The van der Waals surface area contributed by atoms with Crippen molar-refractivity contribution < 1.29 is 0 Å². The number of hydrogen-bond donors (Lipinski definition) is 2. The van der Waals surface area contributed by atoms with E-state index in [0.29, 0.717) is 12.0 Å². The fourth-order valence-electron chi connectivity index (χ4n) is 2.95. The molecule has 3 unspecified atom stereocenters. The molecule has 1 aromatic carbocycles. The fourth-order valence-corrected chi connectivity index (χ4v) is 2.95. The van der Waals surface area contributed by atoms with Crippen molar-refractivity contribution >= 4 is 5.69 Å². The van der Waals surface area contributed by atoms with E-state index in [0.717, 1.165) is 0 Å². The van der Waals surface area contributed by atoms with Gasteiger partial charge in [-0.05, 0) is 30.4 Å². The minimum absolute atomic E-state index is 0.250. The molecule has 0 saturated heterocycles. The van der Waals surface area contributed by atoms with Gasteiger partial charge in [0, 0.05) is 17.8 Å². The monoisotopic (exact) mass is 188 g/mol. The lowest BCUT2D eigenvalue weighted by atomic mass is 9.85. The number of para-hydroxylation sites is 1. The van der Waals surface area contributed by atoms with E-state index in [1.807, 2.05) is 0 Å². The Morgan fingerprint density at radius 1 is 1.21 bits per heavy atom. The Kier molecular flexibility index (Phi) is 1.77. The van der Waals surface area contributed by atoms with E-state index in [1.54, 1.807) is 0 Å². The van der Waals surface area contributed by atoms with Crippen molar-refractivity contribution in [2.45, 2.75) is 31.3 Å². The third-order valence-corrected chi connectivity index (χ3v) is 3.69. The van der Waals surface area contributed by atoms with Crippen molar-refractivity contribution in [1.82, 2.24) is 0 Å². The van der Waals surface area contributed by atoms with Gasteiger partial charge >= 0.3 is 0 Å². The highest BCUT2D eigenvalue weighted by Gasteiger charge is 2.37. The number of nitrogens with two attached hydrogens (primary N) is 1. The number of hydrogen-bond acceptors (Lipinski definition) is 2. The van der Waals surface area contributed by atoms with Crippen molar-refractivity contribution in [2.24, 2.45) is 11.7 Å². The van der Waals surface area contributed by atoms with Gasteiger partial charge in [0.05, 0.1) is 0 Å². The highest BCUT2D eigenvalue weighted by Crippen LogP contribution is 2.42. The molecule has 0 spiro atoms. The molecule has 1 saturated carbocycles. The van der Waals surface area contributed by atoms with Crippen LogP contribution in [0.1, 0.15) is 30.9 Å². The number of fused-ring (bicyclic) bond motifs is 2. The molecule has 14 heavy (non-hydrogen) atoms. The zero-order valence-electron chi connectivity index (χ0n) is 8.24. The molecule has 2 heteroatoms. The van der Waals surface area contributed by atoms with Crippen LogP contribution in [0.2, 0.25) is 0 Å². The minimum atomic E-state index is 0.250. The summed E-state index contributed by atoms with van der Waals surface area (Å²) in [4.78, 5) is 0. The third-order valence-electron chi connectivity index (χ3n) is 3.69. The van der Waals surface area contributed by atoms with Crippen molar-refractivity contribution in [3.8, 4) is 0 Å². The summed E-state index contributed by atoms with van der Waals surface area (Å²) in [5, 5.41) is 3.61. The van der Waals surface area contributed by atoms with Crippen LogP contribution in [0.3, 0.4) is 0 Å². The molecule has 0 radical (unpaired) electrons. The molecule has 2 nitrogen and oxygen atoms in total. The van der Waals surface area contributed by atoms with E-state index < -0.39 is 0 Å². The average molecular weight is 188 g/mol. The highest BCUT2D eigenvalue weighted by atomic mass is 15.0. The summed E-state index contributed by atoms with van der Waals surface area (Å²) in [7, 11) is 0. The fraction of sp³-hybridized carbons (Fsp3) is 0.500. The van der Waals surface area contributed by atoms with Crippen LogP contribution in [0.15, 0.2) is 24.3 Å². The lowest BCUT2D eigenvalue weighted by molar-refractivity contribution is 0.401. The first-order valence-electron chi connectivity index (χ1n) is 5.47. The topological polar surface area (TPSA) is 38.0 Å². The zero-order chi connectivity index (χ0) is 9.54. The molecule has 0 amide bonds. The quantitative estimate of drug-likeness (QED) is 0.655. The lowest BCUT2D eigenvalue weighted by Gasteiger charge is -2.34. The van der Waals surface area contributed by atoms with Crippen LogP contribution in [0.25, 0.3) is 0 Å². The maximum Gasteiger partial charge on any atom is 0.0390 e. The largest absolute Gasteiger partial charge is 0.382 e. The third kappa shape index (κ3) is 1.07. The van der Waals surface area contributed by atoms with Gasteiger partial charge in [0.15, 0.2) is 0 Å². The predicted octanol–water partition coefficient (Wildman–Crippen LogP) is 2.28. The van der Waals surface area contributed by atoms with E-state index in [-0.39, 0.29) is 6.04 Å².